The van der Waals surface area contributed by atoms with Crippen molar-refractivity contribution in [2.75, 3.05) is 7.05 Å². The molecule has 5 heteroatoms. The van der Waals surface area contributed by atoms with Crippen molar-refractivity contribution in [1.82, 2.24) is 5.32 Å². The molecule has 0 aromatic heterocycles. The van der Waals surface area contributed by atoms with E-state index in [4.69, 9.17) is 0 Å². The zero-order valence-corrected chi connectivity index (χ0v) is 14.1. The van der Waals surface area contributed by atoms with Gasteiger partial charge in [-0.25, -0.2) is 8.78 Å². The van der Waals surface area contributed by atoms with Gasteiger partial charge in [-0.2, -0.15) is 0 Å². The Morgan fingerprint density at radius 2 is 1.55 bits per heavy atom. The van der Waals surface area contributed by atoms with Crippen LogP contribution < -0.4 is 5.32 Å². The van der Waals surface area contributed by atoms with E-state index < -0.39 is 11.6 Å². The van der Waals surface area contributed by atoms with E-state index in [2.05, 4.69) is 37.2 Å². The van der Waals surface area contributed by atoms with E-state index in [0.29, 0.717) is 11.1 Å². The van der Waals surface area contributed by atoms with Crippen molar-refractivity contribution in [2.45, 2.75) is 13.0 Å². The van der Waals surface area contributed by atoms with Crippen LogP contribution in [0.3, 0.4) is 0 Å². The van der Waals surface area contributed by atoms with E-state index in [-0.39, 0.29) is 6.04 Å². The monoisotopic (exact) mass is 403 g/mol. The van der Waals surface area contributed by atoms with Crippen molar-refractivity contribution in [3.8, 4) is 0 Å². The number of aryl methyl sites for hydroxylation is 1. The molecule has 1 nitrogen and oxygen atoms in total. The van der Waals surface area contributed by atoms with Gasteiger partial charge in [-0.1, -0.05) is 31.9 Å². The Morgan fingerprint density at radius 1 is 0.950 bits per heavy atom. The molecule has 1 atom stereocenters. The first-order valence-corrected chi connectivity index (χ1v) is 7.59. The first-order valence-electron chi connectivity index (χ1n) is 6.01. The average molecular weight is 405 g/mol. The molecule has 106 valence electrons. The molecule has 20 heavy (non-hydrogen) atoms. The summed E-state index contributed by atoms with van der Waals surface area (Å²) in [4.78, 5) is 0. The van der Waals surface area contributed by atoms with Crippen molar-refractivity contribution >= 4 is 31.9 Å². The van der Waals surface area contributed by atoms with Gasteiger partial charge in [0.1, 0.15) is 11.6 Å². The summed E-state index contributed by atoms with van der Waals surface area (Å²) in [5.41, 5.74) is 1.74. The number of nitrogens with one attached hydrogen (secondary N) is 1. The normalized spacial score (nSPS) is 12.5. The molecule has 0 bridgehead atoms. The highest BCUT2D eigenvalue weighted by Crippen LogP contribution is 2.30. The van der Waals surface area contributed by atoms with E-state index in [9.17, 15) is 8.78 Å². The molecule has 0 fully saturated rings. The highest BCUT2D eigenvalue weighted by Gasteiger charge is 2.18. The molecule has 0 radical (unpaired) electrons. The molecule has 0 aliphatic rings. The quantitative estimate of drug-likeness (QED) is 0.749. The van der Waals surface area contributed by atoms with Gasteiger partial charge in [0, 0.05) is 20.6 Å². The van der Waals surface area contributed by atoms with Gasteiger partial charge >= 0.3 is 0 Å². The van der Waals surface area contributed by atoms with E-state index in [1.54, 1.807) is 20.0 Å². The molecule has 2 rings (SSSR count). The van der Waals surface area contributed by atoms with Crippen molar-refractivity contribution in [2.24, 2.45) is 0 Å². The fourth-order valence-corrected chi connectivity index (χ4v) is 3.47. The third-order valence-corrected chi connectivity index (χ3v) is 4.01. The molecule has 1 unspecified atom stereocenters. The van der Waals surface area contributed by atoms with Gasteiger partial charge in [0.25, 0.3) is 0 Å². The van der Waals surface area contributed by atoms with Crippen molar-refractivity contribution in [1.29, 1.82) is 0 Å². The standard InChI is InChI=1S/C15H13Br2F2N/c1-8-3-12(14(19)7-13(8)18)15(20-2)9-4-10(16)6-11(17)5-9/h3-7,15,20H,1-2H3. The summed E-state index contributed by atoms with van der Waals surface area (Å²) in [6.45, 7) is 1.63. The topological polar surface area (TPSA) is 12.0 Å². The SMILES string of the molecule is CNC(c1cc(Br)cc(Br)c1)c1cc(C)c(F)cc1F. The Balaban J connectivity index is 2.55. The summed E-state index contributed by atoms with van der Waals surface area (Å²) in [6, 6.07) is 7.85. The minimum atomic E-state index is -0.552. The molecule has 0 heterocycles. The van der Waals surface area contributed by atoms with Crippen LogP contribution in [0.25, 0.3) is 0 Å². The number of hydrogen-bond donors (Lipinski definition) is 1. The molecule has 0 saturated carbocycles. The summed E-state index contributed by atoms with van der Waals surface area (Å²) in [7, 11) is 1.75. The fraction of sp³-hybridized carbons (Fsp3) is 0.200. The molecule has 0 saturated heterocycles. The van der Waals surface area contributed by atoms with E-state index in [1.807, 2.05) is 18.2 Å². The first-order chi connectivity index (χ1) is 9.42. The smallest absolute Gasteiger partial charge is 0.131 e. The largest absolute Gasteiger partial charge is 0.309 e. The third-order valence-electron chi connectivity index (χ3n) is 3.10. The first kappa shape index (κ1) is 15.6. The van der Waals surface area contributed by atoms with E-state index in [1.165, 1.54) is 0 Å². The van der Waals surface area contributed by atoms with Gasteiger partial charge in [-0.3, -0.25) is 0 Å². The van der Waals surface area contributed by atoms with Gasteiger partial charge < -0.3 is 5.32 Å². The lowest BCUT2D eigenvalue weighted by atomic mass is 9.97. The van der Waals surface area contributed by atoms with Crippen LogP contribution in [-0.2, 0) is 0 Å². The molecular weight excluding hydrogens is 392 g/mol. The van der Waals surface area contributed by atoms with E-state index in [0.717, 1.165) is 20.6 Å². The zero-order valence-electron chi connectivity index (χ0n) is 11.0. The van der Waals surface area contributed by atoms with Crippen LogP contribution in [0.2, 0.25) is 0 Å². The predicted molar refractivity (Wildman–Crippen MR) is 83.8 cm³/mol. The van der Waals surface area contributed by atoms with Crippen LogP contribution in [0.4, 0.5) is 8.78 Å². The predicted octanol–water partition coefficient (Wildman–Crippen LogP) is 5.11. The molecular formula is C15H13Br2F2N. The van der Waals surface area contributed by atoms with Crippen molar-refractivity contribution < 1.29 is 8.78 Å². The second-order valence-electron chi connectivity index (χ2n) is 4.55. The van der Waals surface area contributed by atoms with Gasteiger partial charge in [-0.15, -0.1) is 0 Å². The molecule has 0 aliphatic heterocycles. The van der Waals surface area contributed by atoms with Gasteiger partial charge in [-0.05, 0) is 49.4 Å². The average Bonchev–Trinajstić information content (AvgIpc) is 2.35. The number of benzene rings is 2. The van der Waals surface area contributed by atoms with E-state index >= 15 is 0 Å². The van der Waals surface area contributed by atoms with Crippen molar-refractivity contribution in [3.63, 3.8) is 0 Å². The van der Waals surface area contributed by atoms with Gasteiger partial charge in [0.2, 0.25) is 0 Å². The van der Waals surface area contributed by atoms with Crippen LogP contribution in [0.15, 0.2) is 39.3 Å². The van der Waals surface area contributed by atoms with Gasteiger partial charge in [0.15, 0.2) is 0 Å². The zero-order chi connectivity index (χ0) is 14.9. The maximum Gasteiger partial charge on any atom is 0.131 e. The maximum atomic E-state index is 14.1. The van der Waals surface area contributed by atoms with Crippen LogP contribution in [0.1, 0.15) is 22.7 Å². The Bertz CT molecular complexity index is 624. The van der Waals surface area contributed by atoms with Crippen LogP contribution in [-0.4, -0.2) is 7.05 Å². The maximum absolute atomic E-state index is 14.1. The minimum Gasteiger partial charge on any atom is -0.309 e. The minimum absolute atomic E-state index is 0.344. The summed E-state index contributed by atoms with van der Waals surface area (Å²) < 4.78 is 29.2. The summed E-state index contributed by atoms with van der Waals surface area (Å²) in [6.07, 6.45) is 0. The third kappa shape index (κ3) is 3.27. The highest BCUT2D eigenvalue weighted by molar-refractivity contribution is 9.11. The lowest BCUT2D eigenvalue weighted by Crippen LogP contribution is -2.19. The Labute approximate surface area is 133 Å². The lowest BCUT2D eigenvalue weighted by Gasteiger charge is -2.19. The Hall–Kier alpha value is -0.780. The van der Waals surface area contributed by atoms with Gasteiger partial charge in [0.05, 0.1) is 6.04 Å². The van der Waals surface area contributed by atoms with Crippen molar-refractivity contribution in [3.05, 3.63) is 67.6 Å². The lowest BCUT2D eigenvalue weighted by molar-refractivity contribution is 0.547. The Morgan fingerprint density at radius 3 is 2.10 bits per heavy atom. The number of halogens is 4. The summed E-state index contributed by atoms with van der Waals surface area (Å²) >= 11 is 6.83. The molecule has 2 aromatic rings. The second kappa shape index (κ2) is 6.33. The molecule has 2 aromatic carbocycles. The molecule has 0 aliphatic carbocycles. The second-order valence-corrected chi connectivity index (χ2v) is 6.38. The molecule has 1 N–H and O–H groups in total. The molecule has 0 spiro atoms. The van der Waals surface area contributed by atoms with Crippen LogP contribution in [0, 0.1) is 18.6 Å². The fourth-order valence-electron chi connectivity index (χ4n) is 2.14. The highest BCUT2D eigenvalue weighted by atomic mass is 79.9. The van der Waals surface area contributed by atoms with Crippen LogP contribution in [0.5, 0.6) is 0 Å². The summed E-state index contributed by atoms with van der Waals surface area (Å²) in [5.74, 6) is -1.08. The summed E-state index contributed by atoms with van der Waals surface area (Å²) in [5, 5.41) is 3.07. The molecule has 0 amide bonds. The number of rotatable bonds is 3. The Kier molecular flexibility index (Phi) is 4.94. The number of hydrogen-bond acceptors (Lipinski definition) is 1. The van der Waals surface area contributed by atoms with Crippen LogP contribution >= 0.6 is 31.9 Å².